The van der Waals surface area contributed by atoms with Gasteiger partial charge in [-0.2, -0.15) is 0 Å². The molecule has 1 aliphatic rings. The van der Waals surface area contributed by atoms with Gasteiger partial charge in [-0.15, -0.1) is 0 Å². The van der Waals surface area contributed by atoms with Crippen molar-refractivity contribution < 1.29 is 4.74 Å². The highest BCUT2D eigenvalue weighted by molar-refractivity contribution is 9.10. The van der Waals surface area contributed by atoms with E-state index in [2.05, 4.69) is 40.2 Å². The summed E-state index contributed by atoms with van der Waals surface area (Å²) in [6.45, 7) is 2.85. The summed E-state index contributed by atoms with van der Waals surface area (Å²) in [6.07, 6.45) is 2.37. The average molecular weight is 240 g/mol. The molecule has 0 bridgehead atoms. The molecule has 1 aromatic carbocycles. The van der Waals surface area contributed by atoms with Crippen molar-refractivity contribution in [1.29, 1.82) is 0 Å². The molecule has 0 aliphatic carbocycles. The highest BCUT2D eigenvalue weighted by atomic mass is 79.9. The summed E-state index contributed by atoms with van der Waals surface area (Å²) in [6, 6.07) is 8.47. The summed E-state index contributed by atoms with van der Waals surface area (Å²) in [4.78, 5) is 0. The van der Waals surface area contributed by atoms with Crippen LogP contribution in [0.15, 0.2) is 28.7 Å². The maximum Gasteiger partial charge on any atom is 0.0910 e. The van der Waals surface area contributed by atoms with Gasteiger partial charge in [-0.05, 0) is 30.5 Å². The van der Waals surface area contributed by atoms with Crippen LogP contribution >= 0.6 is 15.9 Å². The van der Waals surface area contributed by atoms with E-state index in [-0.39, 0.29) is 0 Å². The molecule has 0 saturated carbocycles. The molecule has 2 rings (SSSR count). The topological polar surface area (TPSA) is 9.23 Å². The molecule has 1 aliphatic heterocycles. The third kappa shape index (κ3) is 2.32. The van der Waals surface area contributed by atoms with Crippen LogP contribution in [0.1, 0.15) is 24.3 Å². The van der Waals surface area contributed by atoms with E-state index < -0.39 is 0 Å². The van der Waals surface area contributed by atoms with Crippen molar-refractivity contribution in [2.24, 2.45) is 0 Å². The van der Waals surface area contributed by atoms with Gasteiger partial charge in [0.05, 0.1) is 6.61 Å². The Kier molecular flexibility index (Phi) is 3.01. The fourth-order valence-corrected chi connectivity index (χ4v) is 1.86. The van der Waals surface area contributed by atoms with Crippen molar-refractivity contribution in [1.82, 2.24) is 0 Å². The van der Waals surface area contributed by atoms with Crippen LogP contribution in [0.3, 0.4) is 0 Å². The molecule has 0 N–H and O–H groups in total. The zero-order valence-electron chi connectivity index (χ0n) is 7.37. The van der Waals surface area contributed by atoms with Gasteiger partial charge in [0.15, 0.2) is 0 Å². The first-order valence-corrected chi connectivity index (χ1v) is 5.36. The number of halogens is 1. The summed E-state index contributed by atoms with van der Waals surface area (Å²) in [7, 11) is 0. The molecule has 2 heteroatoms. The lowest BCUT2D eigenvalue weighted by Crippen LogP contribution is -2.10. The second-order valence-corrected chi connectivity index (χ2v) is 4.22. The Morgan fingerprint density at radius 1 is 1.23 bits per heavy atom. The Bertz CT molecular complexity index is 262. The zero-order valence-corrected chi connectivity index (χ0v) is 8.96. The van der Waals surface area contributed by atoms with E-state index in [9.17, 15) is 0 Å². The number of hydrogen-bond donors (Lipinski definition) is 0. The SMILES string of the molecule is Brc1ccc(C2[CH]OCCC2)cc1. The molecule has 1 saturated heterocycles. The third-order valence-corrected chi connectivity index (χ3v) is 2.86. The minimum Gasteiger partial charge on any atom is -0.375 e. The molecule has 1 radical (unpaired) electrons. The molecule has 0 aromatic heterocycles. The lowest BCUT2D eigenvalue weighted by atomic mass is 9.94. The van der Waals surface area contributed by atoms with E-state index in [1.165, 1.54) is 12.0 Å². The molecular weight excluding hydrogens is 228 g/mol. The standard InChI is InChI=1S/C11H12BrO/c12-11-5-3-9(4-6-11)10-2-1-7-13-8-10/h3-6,8,10H,1-2,7H2. The Labute approximate surface area is 87.2 Å². The lowest BCUT2D eigenvalue weighted by Gasteiger charge is -2.21. The quantitative estimate of drug-likeness (QED) is 0.729. The molecule has 1 fully saturated rings. The smallest absolute Gasteiger partial charge is 0.0910 e. The van der Waals surface area contributed by atoms with Crippen molar-refractivity contribution in [3.05, 3.63) is 40.9 Å². The van der Waals surface area contributed by atoms with E-state index >= 15 is 0 Å². The molecule has 0 amide bonds. The van der Waals surface area contributed by atoms with Crippen molar-refractivity contribution in [3.63, 3.8) is 0 Å². The van der Waals surface area contributed by atoms with Gasteiger partial charge in [0.2, 0.25) is 0 Å². The normalized spacial score (nSPS) is 23.0. The molecule has 0 spiro atoms. The summed E-state index contributed by atoms with van der Waals surface area (Å²) in [5, 5.41) is 0. The predicted molar refractivity (Wildman–Crippen MR) is 56.4 cm³/mol. The highest BCUT2D eigenvalue weighted by Crippen LogP contribution is 2.28. The van der Waals surface area contributed by atoms with Crippen molar-refractivity contribution in [2.75, 3.05) is 6.61 Å². The van der Waals surface area contributed by atoms with E-state index in [0.29, 0.717) is 5.92 Å². The van der Waals surface area contributed by atoms with Gasteiger partial charge in [-0.25, -0.2) is 0 Å². The second kappa shape index (κ2) is 4.25. The van der Waals surface area contributed by atoms with E-state index in [4.69, 9.17) is 4.74 Å². The van der Waals surface area contributed by atoms with Crippen LogP contribution < -0.4 is 0 Å². The molecule has 1 heterocycles. The molecule has 1 atom stereocenters. The molecule has 69 valence electrons. The van der Waals surface area contributed by atoms with E-state index in [1.807, 2.05) is 6.61 Å². The highest BCUT2D eigenvalue weighted by Gasteiger charge is 2.15. The van der Waals surface area contributed by atoms with Crippen LogP contribution in [0.2, 0.25) is 0 Å². The van der Waals surface area contributed by atoms with Gasteiger partial charge in [-0.1, -0.05) is 28.1 Å². The van der Waals surface area contributed by atoms with Crippen LogP contribution in [0.25, 0.3) is 0 Å². The van der Waals surface area contributed by atoms with Crippen molar-refractivity contribution in [3.8, 4) is 0 Å². The number of rotatable bonds is 1. The first kappa shape index (κ1) is 9.22. The van der Waals surface area contributed by atoms with Crippen LogP contribution in [0.5, 0.6) is 0 Å². The minimum absolute atomic E-state index is 0.488. The summed E-state index contributed by atoms with van der Waals surface area (Å²) < 4.78 is 6.46. The van der Waals surface area contributed by atoms with E-state index in [1.54, 1.807) is 0 Å². The Morgan fingerprint density at radius 2 is 2.00 bits per heavy atom. The minimum atomic E-state index is 0.488. The molecule has 1 unspecified atom stereocenters. The zero-order chi connectivity index (χ0) is 9.10. The van der Waals surface area contributed by atoms with Crippen LogP contribution in [-0.4, -0.2) is 6.61 Å². The Balaban J connectivity index is 2.10. The predicted octanol–water partition coefficient (Wildman–Crippen LogP) is 3.50. The number of hydrogen-bond acceptors (Lipinski definition) is 1. The maximum atomic E-state index is 5.33. The first-order valence-electron chi connectivity index (χ1n) is 4.56. The largest absolute Gasteiger partial charge is 0.375 e. The summed E-state index contributed by atoms with van der Waals surface area (Å²) in [5.74, 6) is 0.488. The van der Waals surface area contributed by atoms with Gasteiger partial charge in [-0.3, -0.25) is 0 Å². The van der Waals surface area contributed by atoms with Crippen molar-refractivity contribution in [2.45, 2.75) is 18.8 Å². The maximum absolute atomic E-state index is 5.33. The molecular formula is C11H12BrO. The van der Waals surface area contributed by atoms with Crippen molar-refractivity contribution >= 4 is 15.9 Å². The van der Waals surface area contributed by atoms with Gasteiger partial charge >= 0.3 is 0 Å². The molecule has 1 aromatic rings. The van der Waals surface area contributed by atoms with Gasteiger partial charge in [0.25, 0.3) is 0 Å². The van der Waals surface area contributed by atoms with Gasteiger partial charge in [0.1, 0.15) is 0 Å². The van der Waals surface area contributed by atoms with Crippen LogP contribution in [0, 0.1) is 6.61 Å². The second-order valence-electron chi connectivity index (χ2n) is 3.31. The summed E-state index contributed by atoms with van der Waals surface area (Å²) in [5.41, 5.74) is 1.35. The molecule has 13 heavy (non-hydrogen) atoms. The van der Waals surface area contributed by atoms with Crippen LogP contribution in [-0.2, 0) is 4.74 Å². The monoisotopic (exact) mass is 239 g/mol. The van der Waals surface area contributed by atoms with Gasteiger partial charge < -0.3 is 4.74 Å². The first-order chi connectivity index (χ1) is 6.36. The average Bonchev–Trinajstić information content (AvgIpc) is 2.20. The van der Waals surface area contributed by atoms with E-state index in [0.717, 1.165) is 17.5 Å². The number of ether oxygens (including phenoxy) is 1. The van der Waals surface area contributed by atoms with Crippen LogP contribution in [0.4, 0.5) is 0 Å². The molecule has 1 nitrogen and oxygen atoms in total. The third-order valence-electron chi connectivity index (χ3n) is 2.34. The fraction of sp³-hybridized carbons (Fsp3) is 0.364. The Hall–Kier alpha value is -0.340. The number of benzene rings is 1. The fourth-order valence-electron chi connectivity index (χ4n) is 1.59. The Morgan fingerprint density at radius 3 is 2.62 bits per heavy atom. The summed E-state index contributed by atoms with van der Waals surface area (Å²) >= 11 is 3.43. The van der Waals surface area contributed by atoms with Gasteiger partial charge in [0, 0.05) is 17.0 Å². The lowest BCUT2D eigenvalue weighted by molar-refractivity contribution is 0.140.